The van der Waals surface area contributed by atoms with Crippen LogP contribution in [0.25, 0.3) is 11.0 Å². The van der Waals surface area contributed by atoms with Crippen LogP contribution in [0.2, 0.25) is 0 Å². The second-order valence-electron chi connectivity index (χ2n) is 6.35. The van der Waals surface area contributed by atoms with Crippen LogP contribution < -0.4 is 5.32 Å². The Morgan fingerprint density at radius 2 is 2.00 bits per heavy atom. The summed E-state index contributed by atoms with van der Waals surface area (Å²) in [6, 6.07) is 3.17. The summed E-state index contributed by atoms with van der Waals surface area (Å²) in [4.78, 5) is 4.26. The first-order chi connectivity index (χ1) is 9.95. The zero-order valence-corrected chi connectivity index (χ0v) is 11.3. The van der Waals surface area contributed by atoms with E-state index in [0.717, 1.165) is 25.2 Å². The minimum Gasteiger partial charge on any atom is -0.316 e. The summed E-state index contributed by atoms with van der Waals surface area (Å²) in [5.41, 5.74) is 0.665. The molecule has 1 saturated carbocycles. The van der Waals surface area contributed by atoms with Crippen molar-refractivity contribution in [3.8, 4) is 0 Å². The largest absolute Gasteiger partial charge is 0.433 e. The second-order valence-corrected chi connectivity index (χ2v) is 6.35. The van der Waals surface area contributed by atoms with Crippen molar-refractivity contribution >= 4 is 11.0 Å². The lowest BCUT2D eigenvalue weighted by Gasteiger charge is -2.54. The Morgan fingerprint density at radius 1 is 1.24 bits per heavy atom. The molecule has 2 aromatic rings. The number of alkyl halides is 3. The third kappa shape index (κ3) is 2.10. The van der Waals surface area contributed by atoms with Crippen LogP contribution in [0.1, 0.15) is 24.2 Å². The highest BCUT2D eigenvalue weighted by Gasteiger charge is 2.48. The van der Waals surface area contributed by atoms with Crippen LogP contribution in [0, 0.1) is 11.3 Å². The van der Waals surface area contributed by atoms with Crippen LogP contribution in [0.4, 0.5) is 13.2 Å². The lowest BCUT2D eigenvalue weighted by atomic mass is 9.57. The number of aromatic nitrogens is 3. The number of halogens is 3. The molecule has 1 saturated heterocycles. The van der Waals surface area contributed by atoms with Crippen LogP contribution in [0.15, 0.2) is 12.1 Å². The molecule has 4 rings (SSSR count). The van der Waals surface area contributed by atoms with Gasteiger partial charge in [-0.05, 0) is 42.7 Å². The fourth-order valence-corrected chi connectivity index (χ4v) is 3.64. The monoisotopic (exact) mass is 296 g/mol. The molecule has 1 aliphatic heterocycles. The number of rotatable bonds is 2. The normalized spacial score (nSPS) is 21.5. The van der Waals surface area contributed by atoms with E-state index in [9.17, 15) is 13.2 Å². The molecule has 0 radical (unpaired) electrons. The van der Waals surface area contributed by atoms with Crippen molar-refractivity contribution in [1.82, 2.24) is 20.5 Å². The number of hydrogen-bond donors (Lipinski definition) is 2. The van der Waals surface area contributed by atoms with Crippen molar-refractivity contribution in [1.29, 1.82) is 0 Å². The van der Waals surface area contributed by atoms with E-state index < -0.39 is 11.9 Å². The van der Waals surface area contributed by atoms with Gasteiger partial charge in [0.05, 0.1) is 5.39 Å². The molecule has 2 aliphatic rings. The van der Waals surface area contributed by atoms with E-state index in [1.807, 2.05) is 5.10 Å². The SMILES string of the molecule is FC(F)(F)c1[nH]nc2nc(CC3CC4(CNC4)C3)ccc12. The Bertz CT molecular complexity index is 679. The molecule has 0 aromatic carbocycles. The molecule has 2 fully saturated rings. The smallest absolute Gasteiger partial charge is 0.316 e. The van der Waals surface area contributed by atoms with Crippen LogP contribution in [-0.4, -0.2) is 28.3 Å². The Hall–Kier alpha value is -1.63. The molecule has 3 heterocycles. The zero-order chi connectivity index (χ0) is 14.7. The summed E-state index contributed by atoms with van der Waals surface area (Å²) in [5, 5.41) is 9.07. The minimum atomic E-state index is -4.42. The second kappa shape index (κ2) is 4.19. The quantitative estimate of drug-likeness (QED) is 0.895. The van der Waals surface area contributed by atoms with Gasteiger partial charge in [0.2, 0.25) is 0 Å². The van der Waals surface area contributed by atoms with Crippen molar-refractivity contribution in [3.63, 3.8) is 0 Å². The first-order valence-corrected chi connectivity index (χ1v) is 7.07. The van der Waals surface area contributed by atoms with Crippen molar-refractivity contribution < 1.29 is 13.2 Å². The molecule has 21 heavy (non-hydrogen) atoms. The number of nitrogens with one attached hydrogen (secondary N) is 2. The average molecular weight is 296 g/mol. The Balaban J connectivity index is 1.52. The number of aromatic amines is 1. The summed E-state index contributed by atoms with van der Waals surface area (Å²) in [6.07, 6.45) is -1.22. The summed E-state index contributed by atoms with van der Waals surface area (Å²) >= 11 is 0. The van der Waals surface area contributed by atoms with Crippen LogP contribution in [0.5, 0.6) is 0 Å². The van der Waals surface area contributed by atoms with Gasteiger partial charge in [-0.15, -0.1) is 0 Å². The van der Waals surface area contributed by atoms with Crippen LogP contribution in [0.3, 0.4) is 0 Å². The Kier molecular flexibility index (Phi) is 2.61. The van der Waals surface area contributed by atoms with Gasteiger partial charge < -0.3 is 5.32 Å². The van der Waals surface area contributed by atoms with Gasteiger partial charge in [-0.2, -0.15) is 18.3 Å². The van der Waals surface area contributed by atoms with Gasteiger partial charge in [0.1, 0.15) is 5.69 Å². The van der Waals surface area contributed by atoms with Gasteiger partial charge in [-0.1, -0.05) is 0 Å². The number of fused-ring (bicyclic) bond motifs is 1. The van der Waals surface area contributed by atoms with Gasteiger partial charge in [0.25, 0.3) is 0 Å². The highest BCUT2D eigenvalue weighted by molar-refractivity contribution is 5.78. The fourth-order valence-electron chi connectivity index (χ4n) is 3.64. The lowest BCUT2D eigenvalue weighted by Crippen LogP contribution is -2.60. The summed E-state index contributed by atoms with van der Waals surface area (Å²) < 4.78 is 38.3. The van der Waals surface area contributed by atoms with E-state index >= 15 is 0 Å². The van der Waals surface area contributed by atoms with Gasteiger partial charge >= 0.3 is 6.18 Å². The van der Waals surface area contributed by atoms with Crippen LogP contribution in [-0.2, 0) is 12.6 Å². The van der Waals surface area contributed by atoms with Crippen molar-refractivity contribution in [3.05, 3.63) is 23.5 Å². The topological polar surface area (TPSA) is 53.6 Å². The highest BCUT2D eigenvalue weighted by atomic mass is 19.4. The third-order valence-electron chi connectivity index (χ3n) is 4.70. The number of pyridine rings is 1. The lowest BCUT2D eigenvalue weighted by molar-refractivity contribution is -0.139. The number of H-pyrrole nitrogens is 1. The molecule has 0 bridgehead atoms. The predicted octanol–water partition coefficient (Wildman–Crippen LogP) is 2.52. The molecule has 4 nitrogen and oxygen atoms in total. The maximum atomic E-state index is 12.8. The number of hydrogen-bond acceptors (Lipinski definition) is 3. The third-order valence-corrected chi connectivity index (χ3v) is 4.70. The summed E-state index contributed by atoms with van der Waals surface area (Å²) in [6.45, 7) is 2.20. The van der Waals surface area contributed by atoms with E-state index in [2.05, 4.69) is 15.4 Å². The fraction of sp³-hybridized carbons (Fsp3) is 0.571. The molecule has 2 aromatic heterocycles. The molecule has 0 unspecified atom stereocenters. The van der Waals surface area contributed by atoms with Crippen molar-refractivity contribution in [2.75, 3.05) is 13.1 Å². The van der Waals surface area contributed by atoms with Crippen molar-refractivity contribution in [2.24, 2.45) is 11.3 Å². The van der Waals surface area contributed by atoms with Gasteiger partial charge in [0.15, 0.2) is 5.65 Å². The van der Waals surface area contributed by atoms with Crippen LogP contribution >= 0.6 is 0 Å². The molecule has 0 atom stereocenters. The molecule has 1 spiro atoms. The maximum Gasteiger partial charge on any atom is 0.433 e. The maximum absolute atomic E-state index is 12.8. The molecule has 112 valence electrons. The first kappa shape index (κ1) is 13.1. The Labute approximate surface area is 119 Å². The van der Waals surface area contributed by atoms with E-state index in [-0.39, 0.29) is 11.0 Å². The first-order valence-electron chi connectivity index (χ1n) is 7.07. The van der Waals surface area contributed by atoms with E-state index in [0.29, 0.717) is 11.3 Å². The molecule has 7 heteroatoms. The predicted molar refractivity (Wildman–Crippen MR) is 70.6 cm³/mol. The Morgan fingerprint density at radius 3 is 2.62 bits per heavy atom. The standard InChI is InChI=1S/C14H15F3N4/c15-14(16,17)11-10-2-1-9(19-12(10)21-20-11)3-8-4-13(5-8)6-18-7-13/h1-2,8,18H,3-7H2,(H,19,20,21). The van der Waals surface area contributed by atoms with E-state index in [1.54, 1.807) is 6.07 Å². The summed E-state index contributed by atoms with van der Waals surface area (Å²) in [5.74, 6) is 0.595. The zero-order valence-electron chi connectivity index (χ0n) is 11.3. The van der Waals surface area contributed by atoms with Gasteiger partial charge in [-0.25, -0.2) is 4.98 Å². The van der Waals surface area contributed by atoms with E-state index in [4.69, 9.17) is 0 Å². The molecule has 1 aliphatic carbocycles. The highest BCUT2D eigenvalue weighted by Crippen LogP contribution is 2.49. The van der Waals surface area contributed by atoms with Gasteiger partial charge in [-0.3, -0.25) is 5.10 Å². The average Bonchev–Trinajstić information content (AvgIpc) is 2.73. The molecule has 0 amide bonds. The summed E-state index contributed by atoms with van der Waals surface area (Å²) in [7, 11) is 0. The van der Waals surface area contributed by atoms with Gasteiger partial charge in [0, 0.05) is 18.8 Å². The number of nitrogens with zero attached hydrogens (tertiary/aromatic N) is 2. The van der Waals surface area contributed by atoms with Crippen molar-refractivity contribution in [2.45, 2.75) is 25.4 Å². The van der Waals surface area contributed by atoms with E-state index in [1.165, 1.54) is 18.9 Å². The molecular formula is C14H15F3N4. The molecular weight excluding hydrogens is 281 g/mol. The minimum absolute atomic E-state index is 0.0412. The molecule has 2 N–H and O–H groups in total.